The number of hydrogen-bond acceptors (Lipinski definition) is 2. The first-order chi connectivity index (χ1) is 6.68. The predicted molar refractivity (Wildman–Crippen MR) is 56.9 cm³/mol. The molecule has 1 unspecified atom stereocenters. The van der Waals surface area contributed by atoms with Crippen LogP contribution in [0.5, 0.6) is 0 Å². The summed E-state index contributed by atoms with van der Waals surface area (Å²) in [4.78, 5) is 11.9. The van der Waals surface area contributed by atoms with Crippen LogP contribution in [0.25, 0.3) is 0 Å². The zero-order chi connectivity index (χ0) is 10.1. The van der Waals surface area contributed by atoms with Crippen molar-refractivity contribution in [2.24, 2.45) is 0 Å². The number of benzene rings is 1. The third-order valence-corrected chi connectivity index (χ3v) is 3.95. The molecule has 74 valence electrons. The predicted octanol–water partition coefficient (Wildman–Crippen LogP) is 2.66. The summed E-state index contributed by atoms with van der Waals surface area (Å²) in [6.45, 7) is 2.08. The summed E-state index contributed by atoms with van der Waals surface area (Å²) in [6, 6.07) is 6.14. The molecule has 2 nitrogen and oxygen atoms in total. The van der Waals surface area contributed by atoms with Gasteiger partial charge in [0.05, 0.1) is 6.42 Å². The molecule has 1 aromatic rings. The van der Waals surface area contributed by atoms with Crippen molar-refractivity contribution >= 4 is 17.7 Å². The van der Waals surface area contributed by atoms with E-state index in [1.807, 2.05) is 6.07 Å². The van der Waals surface area contributed by atoms with Gasteiger partial charge in [-0.05, 0) is 18.1 Å². The van der Waals surface area contributed by atoms with Crippen molar-refractivity contribution in [3.8, 4) is 0 Å². The van der Waals surface area contributed by atoms with Crippen LogP contribution < -0.4 is 0 Å². The summed E-state index contributed by atoms with van der Waals surface area (Å²) >= 11 is 1.78. The Morgan fingerprint density at radius 3 is 3.14 bits per heavy atom. The molecular weight excluding hydrogens is 196 g/mol. The molecule has 0 aromatic heterocycles. The third-order valence-electron chi connectivity index (χ3n) is 2.53. The zero-order valence-corrected chi connectivity index (χ0v) is 8.80. The SMILES string of the molecule is Cc1cccc2c1SCC2CC(=O)O. The molecule has 1 N–H and O–H groups in total. The maximum Gasteiger partial charge on any atom is 0.303 e. The Kier molecular flexibility index (Phi) is 2.50. The van der Waals surface area contributed by atoms with Crippen molar-refractivity contribution in [3.63, 3.8) is 0 Å². The number of aryl methyl sites for hydroxylation is 1. The molecule has 1 atom stereocenters. The van der Waals surface area contributed by atoms with Gasteiger partial charge in [0.15, 0.2) is 0 Å². The molecule has 1 aliphatic rings. The Balaban J connectivity index is 2.30. The Morgan fingerprint density at radius 1 is 1.64 bits per heavy atom. The monoisotopic (exact) mass is 208 g/mol. The molecule has 0 spiro atoms. The molecule has 1 aromatic carbocycles. The largest absolute Gasteiger partial charge is 0.481 e. The van der Waals surface area contributed by atoms with E-state index in [0.717, 1.165) is 5.75 Å². The quantitative estimate of drug-likeness (QED) is 0.811. The van der Waals surface area contributed by atoms with Crippen LogP contribution in [0.2, 0.25) is 0 Å². The first-order valence-electron chi connectivity index (χ1n) is 4.62. The topological polar surface area (TPSA) is 37.3 Å². The van der Waals surface area contributed by atoms with Crippen molar-refractivity contribution in [3.05, 3.63) is 29.3 Å². The highest BCUT2D eigenvalue weighted by molar-refractivity contribution is 7.99. The minimum atomic E-state index is -0.704. The van der Waals surface area contributed by atoms with Gasteiger partial charge in [-0.2, -0.15) is 0 Å². The van der Waals surface area contributed by atoms with E-state index in [2.05, 4.69) is 19.1 Å². The van der Waals surface area contributed by atoms with E-state index in [4.69, 9.17) is 5.11 Å². The molecule has 1 aliphatic heterocycles. The number of hydrogen-bond donors (Lipinski definition) is 1. The van der Waals surface area contributed by atoms with Gasteiger partial charge in [0.2, 0.25) is 0 Å². The summed E-state index contributed by atoms with van der Waals surface area (Å²) in [5, 5.41) is 8.76. The Labute approximate surface area is 87.3 Å². The highest BCUT2D eigenvalue weighted by Gasteiger charge is 2.25. The maximum atomic E-state index is 10.6. The fraction of sp³-hybridized carbons (Fsp3) is 0.364. The van der Waals surface area contributed by atoms with Crippen LogP contribution >= 0.6 is 11.8 Å². The van der Waals surface area contributed by atoms with Crippen LogP contribution in [0.15, 0.2) is 23.1 Å². The summed E-state index contributed by atoms with van der Waals surface area (Å²) in [7, 11) is 0. The molecule has 0 fully saturated rings. The van der Waals surface area contributed by atoms with Crippen molar-refractivity contribution < 1.29 is 9.90 Å². The van der Waals surface area contributed by atoms with Crippen molar-refractivity contribution in [2.75, 3.05) is 5.75 Å². The van der Waals surface area contributed by atoms with Gasteiger partial charge in [-0.3, -0.25) is 4.79 Å². The molecule has 0 amide bonds. The maximum absolute atomic E-state index is 10.6. The number of aliphatic carboxylic acids is 1. The highest BCUT2D eigenvalue weighted by atomic mass is 32.2. The molecule has 0 radical (unpaired) electrons. The summed E-state index contributed by atoms with van der Waals surface area (Å²) in [5.74, 6) is 0.407. The minimum Gasteiger partial charge on any atom is -0.481 e. The number of thioether (sulfide) groups is 1. The number of carboxylic acid groups (broad SMARTS) is 1. The number of fused-ring (bicyclic) bond motifs is 1. The average molecular weight is 208 g/mol. The van der Waals surface area contributed by atoms with Crippen LogP contribution in [0.4, 0.5) is 0 Å². The highest BCUT2D eigenvalue weighted by Crippen LogP contribution is 2.42. The van der Waals surface area contributed by atoms with Gasteiger partial charge < -0.3 is 5.11 Å². The van der Waals surface area contributed by atoms with E-state index in [-0.39, 0.29) is 12.3 Å². The standard InChI is InChI=1S/C11H12O2S/c1-7-3-2-4-9-8(5-10(12)13)6-14-11(7)9/h2-4,8H,5-6H2,1H3,(H,12,13). The molecule has 2 rings (SSSR count). The minimum absolute atomic E-state index is 0.201. The summed E-state index contributed by atoms with van der Waals surface area (Å²) < 4.78 is 0. The van der Waals surface area contributed by atoms with E-state index in [1.54, 1.807) is 11.8 Å². The van der Waals surface area contributed by atoms with Crippen LogP contribution in [0.1, 0.15) is 23.5 Å². The second-order valence-electron chi connectivity index (χ2n) is 3.60. The lowest BCUT2D eigenvalue weighted by Crippen LogP contribution is -2.05. The molecule has 0 bridgehead atoms. The third kappa shape index (κ3) is 1.64. The smallest absolute Gasteiger partial charge is 0.303 e. The fourth-order valence-electron chi connectivity index (χ4n) is 1.85. The molecule has 0 saturated heterocycles. The van der Waals surface area contributed by atoms with Gasteiger partial charge in [-0.1, -0.05) is 18.2 Å². The van der Waals surface area contributed by atoms with Crippen molar-refractivity contribution in [1.29, 1.82) is 0 Å². The van der Waals surface area contributed by atoms with E-state index in [9.17, 15) is 4.79 Å². The van der Waals surface area contributed by atoms with Crippen LogP contribution in [0, 0.1) is 6.92 Å². The number of rotatable bonds is 2. The molecule has 0 saturated carbocycles. The van der Waals surface area contributed by atoms with Crippen LogP contribution in [-0.2, 0) is 4.79 Å². The van der Waals surface area contributed by atoms with Crippen molar-refractivity contribution in [2.45, 2.75) is 24.2 Å². The normalized spacial score (nSPS) is 19.4. The number of carboxylic acids is 1. The van der Waals surface area contributed by atoms with Crippen LogP contribution in [-0.4, -0.2) is 16.8 Å². The summed E-state index contributed by atoms with van der Waals surface area (Å²) in [6.07, 6.45) is 0.253. The molecule has 3 heteroatoms. The van der Waals surface area contributed by atoms with Crippen molar-refractivity contribution in [1.82, 2.24) is 0 Å². The zero-order valence-electron chi connectivity index (χ0n) is 7.99. The van der Waals surface area contributed by atoms with Gasteiger partial charge in [-0.25, -0.2) is 0 Å². The van der Waals surface area contributed by atoms with Gasteiger partial charge >= 0.3 is 5.97 Å². The first-order valence-corrected chi connectivity index (χ1v) is 5.61. The Hall–Kier alpha value is -0.960. The molecule has 1 heterocycles. The average Bonchev–Trinajstić information content (AvgIpc) is 2.49. The lowest BCUT2D eigenvalue weighted by atomic mass is 9.96. The Morgan fingerprint density at radius 2 is 2.43 bits per heavy atom. The summed E-state index contributed by atoms with van der Waals surface area (Å²) in [5.41, 5.74) is 2.48. The van der Waals surface area contributed by atoms with E-state index < -0.39 is 5.97 Å². The second kappa shape index (κ2) is 3.65. The molecule has 14 heavy (non-hydrogen) atoms. The van der Waals surface area contributed by atoms with E-state index in [1.165, 1.54) is 16.0 Å². The molecular formula is C11H12O2S. The Bertz CT molecular complexity index is 374. The van der Waals surface area contributed by atoms with Gasteiger partial charge in [0, 0.05) is 16.6 Å². The second-order valence-corrected chi connectivity index (χ2v) is 4.63. The lowest BCUT2D eigenvalue weighted by Gasteiger charge is -2.07. The fourth-order valence-corrected chi connectivity index (χ4v) is 3.21. The number of carbonyl (C=O) groups is 1. The lowest BCUT2D eigenvalue weighted by molar-refractivity contribution is -0.137. The van der Waals surface area contributed by atoms with E-state index in [0.29, 0.717) is 0 Å². The van der Waals surface area contributed by atoms with Gasteiger partial charge in [0.1, 0.15) is 0 Å². The molecule has 0 aliphatic carbocycles. The van der Waals surface area contributed by atoms with Gasteiger partial charge in [-0.15, -0.1) is 11.8 Å². The first kappa shape index (κ1) is 9.59. The van der Waals surface area contributed by atoms with Gasteiger partial charge in [0.25, 0.3) is 0 Å². The van der Waals surface area contributed by atoms with E-state index >= 15 is 0 Å². The van der Waals surface area contributed by atoms with Crippen LogP contribution in [0.3, 0.4) is 0 Å².